The molecule has 0 heterocycles. The van der Waals surface area contributed by atoms with E-state index in [-0.39, 0.29) is 24.8 Å². The highest BCUT2D eigenvalue weighted by atomic mass is 32.2. The maximum atomic E-state index is 12.4. The van der Waals surface area contributed by atoms with E-state index >= 15 is 0 Å². The van der Waals surface area contributed by atoms with E-state index in [1.807, 2.05) is 44.2 Å². The molecule has 0 spiro atoms. The Morgan fingerprint density at radius 1 is 1.19 bits per heavy atom. The van der Waals surface area contributed by atoms with Crippen LogP contribution < -0.4 is 9.62 Å². The van der Waals surface area contributed by atoms with E-state index in [9.17, 15) is 13.2 Å². The van der Waals surface area contributed by atoms with Crippen molar-refractivity contribution in [1.82, 2.24) is 0 Å². The highest BCUT2D eigenvalue weighted by molar-refractivity contribution is 7.92. The third-order valence-electron chi connectivity index (χ3n) is 4.06. The number of benzene rings is 2. The number of amides is 1. The van der Waals surface area contributed by atoms with Crippen molar-refractivity contribution in [3.63, 3.8) is 0 Å². The number of hydrogen-bond donors (Lipinski definition) is 1. The van der Waals surface area contributed by atoms with Crippen molar-refractivity contribution in [3.8, 4) is 6.07 Å². The van der Waals surface area contributed by atoms with Crippen LogP contribution >= 0.6 is 0 Å². The smallest absolute Gasteiger partial charge is 0.232 e. The molecule has 0 saturated heterocycles. The molecule has 0 aromatic heterocycles. The summed E-state index contributed by atoms with van der Waals surface area (Å²) in [6.07, 6.45) is 1.08. The molecule has 142 valence electrons. The summed E-state index contributed by atoms with van der Waals surface area (Å²) in [5, 5.41) is 11.9. The van der Waals surface area contributed by atoms with Gasteiger partial charge in [-0.05, 0) is 35.7 Å². The molecule has 1 N–H and O–H groups in total. The van der Waals surface area contributed by atoms with Crippen LogP contribution in [0.4, 0.5) is 11.4 Å². The van der Waals surface area contributed by atoms with E-state index in [2.05, 4.69) is 5.32 Å². The zero-order valence-corrected chi connectivity index (χ0v) is 16.5. The van der Waals surface area contributed by atoms with Crippen LogP contribution in [0.15, 0.2) is 48.5 Å². The summed E-state index contributed by atoms with van der Waals surface area (Å²) < 4.78 is 25.5. The summed E-state index contributed by atoms with van der Waals surface area (Å²) in [5.41, 5.74) is 2.48. The number of nitriles is 1. The van der Waals surface area contributed by atoms with E-state index in [0.717, 1.165) is 21.8 Å². The molecule has 0 aliphatic rings. The molecular formula is C20H23N3O3S. The first-order valence-electron chi connectivity index (χ1n) is 8.59. The van der Waals surface area contributed by atoms with Crippen LogP contribution in [0.3, 0.4) is 0 Å². The Morgan fingerprint density at radius 3 is 2.52 bits per heavy atom. The first kappa shape index (κ1) is 20.5. The van der Waals surface area contributed by atoms with Gasteiger partial charge in [-0.2, -0.15) is 5.26 Å². The molecule has 0 saturated carbocycles. The highest BCUT2D eigenvalue weighted by Gasteiger charge is 2.19. The maximum Gasteiger partial charge on any atom is 0.232 e. The quantitative estimate of drug-likeness (QED) is 0.790. The first-order chi connectivity index (χ1) is 12.7. The van der Waals surface area contributed by atoms with Crippen molar-refractivity contribution in [3.05, 3.63) is 59.7 Å². The van der Waals surface area contributed by atoms with E-state index in [4.69, 9.17) is 5.26 Å². The largest absolute Gasteiger partial charge is 0.326 e. The van der Waals surface area contributed by atoms with Crippen molar-refractivity contribution in [2.75, 3.05) is 22.4 Å². The summed E-state index contributed by atoms with van der Waals surface area (Å²) in [6, 6.07) is 15.8. The van der Waals surface area contributed by atoms with Crippen LogP contribution in [0.5, 0.6) is 0 Å². The Labute approximate surface area is 160 Å². The second-order valence-corrected chi connectivity index (χ2v) is 8.44. The molecule has 0 atom stereocenters. The van der Waals surface area contributed by atoms with E-state index in [1.54, 1.807) is 18.2 Å². The van der Waals surface area contributed by atoms with Gasteiger partial charge in [0.15, 0.2) is 0 Å². The summed E-state index contributed by atoms with van der Waals surface area (Å²) in [5.74, 6) is -0.0177. The third kappa shape index (κ3) is 5.56. The lowest BCUT2D eigenvalue weighted by atomic mass is 10.0. The summed E-state index contributed by atoms with van der Waals surface area (Å²) in [4.78, 5) is 12.4. The summed E-state index contributed by atoms with van der Waals surface area (Å²) in [6.45, 7) is 4.07. The van der Waals surface area contributed by atoms with E-state index in [1.165, 1.54) is 6.07 Å². The Morgan fingerprint density at radius 2 is 1.89 bits per heavy atom. The van der Waals surface area contributed by atoms with Crippen LogP contribution in [0.2, 0.25) is 0 Å². The zero-order valence-electron chi connectivity index (χ0n) is 15.6. The fourth-order valence-corrected chi connectivity index (χ4v) is 3.67. The van der Waals surface area contributed by atoms with Crippen molar-refractivity contribution >= 4 is 27.3 Å². The SMILES string of the molecule is CC(C)c1ccccc1NC(=O)CCN(c1cccc(C#N)c1)S(C)(=O)=O. The van der Waals surface area contributed by atoms with Gasteiger partial charge in [-0.3, -0.25) is 9.10 Å². The number of anilines is 2. The molecule has 1 amide bonds. The molecule has 6 nitrogen and oxygen atoms in total. The normalized spacial score (nSPS) is 11.1. The van der Waals surface area contributed by atoms with Crippen LogP contribution in [0.25, 0.3) is 0 Å². The Bertz CT molecular complexity index is 962. The average Bonchev–Trinajstić information content (AvgIpc) is 2.61. The van der Waals surface area contributed by atoms with Gasteiger partial charge >= 0.3 is 0 Å². The van der Waals surface area contributed by atoms with Crippen molar-refractivity contribution in [1.29, 1.82) is 5.26 Å². The fourth-order valence-electron chi connectivity index (χ4n) is 2.75. The molecule has 2 aromatic carbocycles. The number of hydrogen-bond acceptors (Lipinski definition) is 4. The minimum atomic E-state index is -3.59. The van der Waals surface area contributed by atoms with Crippen molar-refractivity contribution in [2.24, 2.45) is 0 Å². The Hall–Kier alpha value is -2.85. The van der Waals surface area contributed by atoms with Crippen LogP contribution in [0, 0.1) is 11.3 Å². The lowest BCUT2D eigenvalue weighted by molar-refractivity contribution is -0.116. The number of para-hydroxylation sites is 1. The molecule has 2 rings (SSSR count). The summed E-state index contributed by atoms with van der Waals surface area (Å²) >= 11 is 0. The van der Waals surface area contributed by atoms with Gasteiger partial charge in [-0.25, -0.2) is 8.42 Å². The molecular weight excluding hydrogens is 362 g/mol. The second kappa shape index (κ2) is 8.69. The predicted molar refractivity (Wildman–Crippen MR) is 107 cm³/mol. The Balaban J connectivity index is 2.14. The third-order valence-corrected chi connectivity index (χ3v) is 5.26. The monoisotopic (exact) mass is 385 g/mol. The van der Waals surface area contributed by atoms with Gasteiger partial charge in [0.05, 0.1) is 23.6 Å². The topological polar surface area (TPSA) is 90.3 Å². The second-order valence-electron chi connectivity index (χ2n) is 6.54. The molecule has 0 fully saturated rings. The first-order valence-corrected chi connectivity index (χ1v) is 10.4. The number of rotatable bonds is 7. The molecule has 0 aliphatic heterocycles. The van der Waals surface area contributed by atoms with Gasteiger partial charge in [0.2, 0.25) is 15.9 Å². The number of nitrogens with zero attached hydrogens (tertiary/aromatic N) is 2. The number of sulfonamides is 1. The number of carbonyl (C=O) groups is 1. The van der Waals surface area contributed by atoms with Gasteiger partial charge in [-0.1, -0.05) is 38.1 Å². The molecule has 0 bridgehead atoms. The lowest BCUT2D eigenvalue weighted by Crippen LogP contribution is -2.33. The zero-order chi connectivity index (χ0) is 20.0. The van der Waals surface area contributed by atoms with Gasteiger partial charge in [-0.15, -0.1) is 0 Å². The molecule has 2 aromatic rings. The molecule has 27 heavy (non-hydrogen) atoms. The molecule has 0 radical (unpaired) electrons. The van der Waals surface area contributed by atoms with Crippen molar-refractivity contribution in [2.45, 2.75) is 26.2 Å². The van der Waals surface area contributed by atoms with Gasteiger partial charge in [0, 0.05) is 18.7 Å². The van der Waals surface area contributed by atoms with E-state index in [0.29, 0.717) is 11.3 Å². The summed E-state index contributed by atoms with van der Waals surface area (Å²) in [7, 11) is -3.59. The average molecular weight is 385 g/mol. The predicted octanol–water partition coefficient (Wildman–Crippen LogP) is 3.48. The minimum absolute atomic E-state index is 0.00369. The fraction of sp³-hybridized carbons (Fsp3) is 0.300. The van der Waals surface area contributed by atoms with Gasteiger partial charge < -0.3 is 5.32 Å². The standard InChI is InChI=1S/C20H23N3O3S/c1-15(2)18-9-4-5-10-19(18)22-20(24)11-12-23(27(3,25)26)17-8-6-7-16(13-17)14-21/h4-10,13,15H,11-12H2,1-3H3,(H,22,24). The Kier molecular flexibility index (Phi) is 6.59. The van der Waals surface area contributed by atoms with Crippen LogP contribution in [-0.2, 0) is 14.8 Å². The van der Waals surface area contributed by atoms with E-state index < -0.39 is 10.0 Å². The number of carbonyl (C=O) groups excluding carboxylic acids is 1. The molecule has 0 unspecified atom stereocenters. The van der Waals surface area contributed by atoms with Crippen LogP contribution in [0.1, 0.15) is 37.3 Å². The maximum absolute atomic E-state index is 12.4. The lowest BCUT2D eigenvalue weighted by Gasteiger charge is -2.22. The van der Waals surface area contributed by atoms with Gasteiger partial charge in [0.1, 0.15) is 0 Å². The highest BCUT2D eigenvalue weighted by Crippen LogP contribution is 2.24. The van der Waals surface area contributed by atoms with Gasteiger partial charge in [0.25, 0.3) is 0 Å². The molecule has 7 heteroatoms. The van der Waals surface area contributed by atoms with Crippen molar-refractivity contribution < 1.29 is 13.2 Å². The number of nitrogens with one attached hydrogen (secondary N) is 1. The molecule has 0 aliphatic carbocycles. The minimum Gasteiger partial charge on any atom is -0.326 e. The van der Waals surface area contributed by atoms with Crippen LogP contribution in [-0.4, -0.2) is 27.1 Å².